The van der Waals surface area contributed by atoms with Crippen LogP contribution in [-0.2, 0) is 6.61 Å². The van der Waals surface area contributed by atoms with Crippen LogP contribution in [0.5, 0.6) is 11.5 Å². The summed E-state index contributed by atoms with van der Waals surface area (Å²) in [6, 6.07) is 15.2. The lowest BCUT2D eigenvalue weighted by Crippen LogP contribution is -2.29. The minimum atomic E-state index is -0.220. The minimum Gasteiger partial charge on any atom is -0.497 e. The Morgan fingerprint density at radius 2 is 1.97 bits per heavy atom. The molecular weight excluding hydrogens is 368 g/mol. The quantitative estimate of drug-likeness (QED) is 0.580. The first-order valence-electron chi connectivity index (χ1n) is 9.45. The Morgan fingerprint density at radius 1 is 1.17 bits per heavy atom. The van der Waals surface area contributed by atoms with Crippen molar-refractivity contribution in [3.05, 3.63) is 76.7 Å². The molecule has 0 saturated heterocycles. The molecule has 0 radical (unpaired) electrons. The van der Waals surface area contributed by atoms with E-state index in [2.05, 4.69) is 5.16 Å². The van der Waals surface area contributed by atoms with Crippen molar-refractivity contribution in [2.75, 3.05) is 14.2 Å². The predicted octanol–water partition coefficient (Wildman–Crippen LogP) is 4.71. The highest BCUT2D eigenvalue weighted by atomic mass is 16.5. The third-order valence-electron chi connectivity index (χ3n) is 4.97. The SMILES string of the molecule is COc1cccc([C@@H](C)N(C)C(=O)c2cc(COc3cc(C)ccc3C)on2)c1. The minimum absolute atomic E-state index is 0.149. The predicted molar refractivity (Wildman–Crippen MR) is 110 cm³/mol. The Labute approximate surface area is 171 Å². The monoisotopic (exact) mass is 394 g/mol. The van der Waals surface area contributed by atoms with Gasteiger partial charge in [0.1, 0.15) is 18.1 Å². The van der Waals surface area contributed by atoms with E-state index in [1.807, 2.05) is 63.2 Å². The van der Waals surface area contributed by atoms with Crippen molar-refractivity contribution >= 4 is 5.91 Å². The highest BCUT2D eigenvalue weighted by Crippen LogP contribution is 2.25. The highest BCUT2D eigenvalue weighted by molar-refractivity contribution is 5.92. The van der Waals surface area contributed by atoms with E-state index in [1.54, 1.807) is 25.1 Å². The first kappa shape index (κ1) is 20.5. The third-order valence-corrected chi connectivity index (χ3v) is 4.97. The van der Waals surface area contributed by atoms with Crippen LogP contribution in [0.4, 0.5) is 0 Å². The largest absolute Gasteiger partial charge is 0.497 e. The lowest BCUT2D eigenvalue weighted by molar-refractivity contribution is 0.0731. The molecule has 1 amide bonds. The molecule has 0 unspecified atom stereocenters. The van der Waals surface area contributed by atoms with Crippen molar-refractivity contribution in [3.63, 3.8) is 0 Å². The number of rotatable bonds is 7. The Hall–Kier alpha value is -3.28. The van der Waals surface area contributed by atoms with Gasteiger partial charge in [0.05, 0.1) is 13.2 Å². The van der Waals surface area contributed by atoms with Gasteiger partial charge in [0.25, 0.3) is 5.91 Å². The summed E-state index contributed by atoms with van der Waals surface area (Å²) in [5.74, 6) is 1.82. The number of benzene rings is 2. The van der Waals surface area contributed by atoms with Crippen LogP contribution in [0.1, 0.15) is 45.9 Å². The van der Waals surface area contributed by atoms with Gasteiger partial charge in [0.15, 0.2) is 11.5 Å². The first-order chi connectivity index (χ1) is 13.9. The molecule has 29 heavy (non-hydrogen) atoms. The van der Waals surface area contributed by atoms with Crippen LogP contribution in [0.25, 0.3) is 0 Å². The topological polar surface area (TPSA) is 64.8 Å². The van der Waals surface area contributed by atoms with E-state index in [0.717, 1.165) is 28.2 Å². The Balaban J connectivity index is 1.67. The van der Waals surface area contributed by atoms with E-state index in [0.29, 0.717) is 5.76 Å². The van der Waals surface area contributed by atoms with Crippen LogP contribution in [0.15, 0.2) is 53.1 Å². The second kappa shape index (κ2) is 8.82. The standard InChI is InChI=1S/C23H26N2O4/c1-15-9-10-16(2)22(11-15)28-14-20-13-21(24-29-20)23(26)25(4)17(3)18-7-6-8-19(12-18)27-5/h6-13,17H,14H2,1-5H3/t17-/m1/s1. The second-order valence-corrected chi connectivity index (χ2v) is 7.10. The zero-order valence-corrected chi connectivity index (χ0v) is 17.4. The van der Waals surface area contributed by atoms with Crippen molar-refractivity contribution in [3.8, 4) is 11.5 Å². The first-order valence-corrected chi connectivity index (χ1v) is 9.45. The molecule has 0 spiro atoms. The van der Waals surface area contributed by atoms with Crippen molar-refractivity contribution < 1.29 is 18.8 Å². The normalized spacial score (nSPS) is 11.8. The number of nitrogens with zero attached hydrogens (tertiary/aromatic N) is 2. The fourth-order valence-corrected chi connectivity index (χ4v) is 2.98. The van der Waals surface area contributed by atoms with Gasteiger partial charge in [0, 0.05) is 13.1 Å². The maximum Gasteiger partial charge on any atom is 0.276 e. The molecule has 3 aromatic rings. The zero-order valence-electron chi connectivity index (χ0n) is 17.4. The molecule has 0 fully saturated rings. The summed E-state index contributed by atoms with van der Waals surface area (Å²) in [6.07, 6.45) is 0. The highest BCUT2D eigenvalue weighted by Gasteiger charge is 2.22. The lowest BCUT2D eigenvalue weighted by Gasteiger charge is -2.24. The van der Waals surface area contributed by atoms with Gasteiger partial charge in [-0.25, -0.2) is 0 Å². The van der Waals surface area contributed by atoms with Crippen molar-refractivity contribution in [2.24, 2.45) is 0 Å². The van der Waals surface area contributed by atoms with E-state index in [4.69, 9.17) is 14.0 Å². The average Bonchev–Trinajstić information content (AvgIpc) is 3.21. The van der Waals surface area contributed by atoms with Gasteiger partial charge in [-0.05, 0) is 55.7 Å². The molecular formula is C23H26N2O4. The number of aromatic nitrogens is 1. The fraction of sp³-hybridized carbons (Fsp3) is 0.304. The van der Waals surface area contributed by atoms with Gasteiger partial charge < -0.3 is 18.9 Å². The van der Waals surface area contributed by atoms with Crippen LogP contribution in [0.2, 0.25) is 0 Å². The average molecular weight is 394 g/mol. The lowest BCUT2D eigenvalue weighted by atomic mass is 10.1. The van der Waals surface area contributed by atoms with Crippen LogP contribution < -0.4 is 9.47 Å². The van der Waals surface area contributed by atoms with Crippen LogP contribution >= 0.6 is 0 Å². The van der Waals surface area contributed by atoms with E-state index >= 15 is 0 Å². The summed E-state index contributed by atoms with van der Waals surface area (Å²) in [5.41, 5.74) is 3.38. The van der Waals surface area contributed by atoms with Gasteiger partial charge >= 0.3 is 0 Å². The Kier molecular flexibility index (Phi) is 6.22. The summed E-state index contributed by atoms with van der Waals surface area (Å²) in [5, 5.41) is 3.93. The van der Waals surface area contributed by atoms with Gasteiger partial charge in [-0.15, -0.1) is 0 Å². The summed E-state index contributed by atoms with van der Waals surface area (Å²) >= 11 is 0. The molecule has 3 rings (SSSR count). The molecule has 0 saturated carbocycles. The number of aryl methyl sites for hydroxylation is 2. The Bertz CT molecular complexity index is 996. The number of carbonyl (C=O) groups is 1. The van der Waals surface area contributed by atoms with E-state index in [-0.39, 0.29) is 24.2 Å². The molecule has 0 aliphatic rings. The maximum absolute atomic E-state index is 12.8. The molecule has 0 aliphatic heterocycles. The molecule has 152 valence electrons. The molecule has 6 heteroatoms. The van der Waals surface area contributed by atoms with Crippen LogP contribution in [0, 0.1) is 13.8 Å². The number of hydrogen-bond donors (Lipinski definition) is 0. The number of amides is 1. The smallest absolute Gasteiger partial charge is 0.276 e. The van der Waals surface area contributed by atoms with Gasteiger partial charge in [-0.2, -0.15) is 0 Å². The molecule has 1 aromatic heterocycles. The number of ether oxygens (including phenoxy) is 2. The number of carbonyl (C=O) groups excluding carboxylic acids is 1. The van der Waals surface area contributed by atoms with E-state index in [9.17, 15) is 4.79 Å². The van der Waals surface area contributed by atoms with Crippen LogP contribution in [-0.4, -0.2) is 30.1 Å². The molecule has 0 aliphatic carbocycles. The zero-order chi connectivity index (χ0) is 21.0. The summed E-state index contributed by atoms with van der Waals surface area (Å²) in [6.45, 7) is 6.16. The molecule has 6 nitrogen and oxygen atoms in total. The van der Waals surface area contributed by atoms with E-state index in [1.165, 1.54) is 0 Å². The third kappa shape index (κ3) is 4.77. The van der Waals surface area contributed by atoms with Gasteiger partial charge in [0.2, 0.25) is 0 Å². The molecule has 1 heterocycles. The van der Waals surface area contributed by atoms with Crippen molar-refractivity contribution in [2.45, 2.75) is 33.4 Å². The summed E-state index contributed by atoms with van der Waals surface area (Å²) in [4.78, 5) is 14.5. The molecule has 0 N–H and O–H groups in total. The maximum atomic E-state index is 12.8. The summed E-state index contributed by atoms with van der Waals surface area (Å²) < 4.78 is 16.4. The van der Waals surface area contributed by atoms with Crippen molar-refractivity contribution in [1.82, 2.24) is 10.1 Å². The Morgan fingerprint density at radius 3 is 2.72 bits per heavy atom. The van der Waals surface area contributed by atoms with Gasteiger partial charge in [-0.1, -0.05) is 29.4 Å². The number of methoxy groups -OCH3 is 1. The second-order valence-electron chi connectivity index (χ2n) is 7.10. The van der Waals surface area contributed by atoms with Crippen molar-refractivity contribution in [1.29, 1.82) is 0 Å². The number of hydrogen-bond acceptors (Lipinski definition) is 5. The van der Waals surface area contributed by atoms with E-state index < -0.39 is 0 Å². The fourth-order valence-electron chi connectivity index (χ4n) is 2.98. The molecule has 2 aromatic carbocycles. The molecule has 1 atom stereocenters. The van der Waals surface area contributed by atoms with Crippen LogP contribution in [0.3, 0.4) is 0 Å². The molecule has 0 bridgehead atoms. The summed E-state index contributed by atoms with van der Waals surface area (Å²) in [7, 11) is 3.36. The van der Waals surface area contributed by atoms with Gasteiger partial charge in [-0.3, -0.25) is 4.79 Å².